The van der Waals surface area contributed by atoms with Crippen LogP contribution in [0.25, 0.3) is 11.7 Å². The second kappa shape index (κ2) is 15.2. The van der Waals surface area contributed by atoms with Crippen molar-refractivity contribution in [2.24, 2.45) is 10.2 Å². The van der Waals surface area contributed by atoms with Crippen LogP contribution in [0, 0.1) is 0 Å². The van der Waals surface area contributed by atoms with Crippen molar-refractivity contribution in [3.8, 4) is 0 Å². The van der Waals surface area contributed by atoms with Crippen LogP contribution in [0.2, 0.25) is 0 Å². The van der Waals surface area contributed by atoms with E-state index in [0.29, 0.717) is 8.75 Å². The Morgan fingerprint density at radius 1 is 1.00 bits per heavy atom. The minimum Gasteiger partial charge on any atom is -0.755 e. The average molecular weight is 347 g/mol. The van der Waals surface area contributed by atoms with Crippen molar-refractivity contribution in [2.75, 3.05) is 12.5 Å². The van der Waals surface area contributed by atoms with Crippen molar-refractivity contribution in [1.82, 2.24) is 0 Å². The fourth-order valence-electron chi connectivity index (χ4n) is 0.0913. The summed E-state index contributed by atoms with van der Waals surface area (Å²) in [4.78, 5) is 0. The maximum absolute atomic E-state index is 6.27. The van der Waals surface area contributed by atoms with Gasteiger partial charge in [-0.15, -0.1) is 23.5 Å². The molecule has 0 aliphatic rings. The summed E-state index contributed by atoms with van der Waals surface area (Å²) in [5.74, 6) is 12.5. The maximum atomic E-state index is 6.27. The third kappa shape index (κ3) is 19.2. The van der Waals surface area contributed by atoms with Gasteiger partial charge in [-0.1, -0.05) is 8.75 Å². The van der Waals surface area contributed by atoms with E-state index in [1.54, 1.807) is 12.5 Å². The Hall–Kier alpha value is 0.742. The molecule has 82 valence electrons. The zero-order valence-corrected chi connectivity index (χ0v) is 11.7. The molecule has 0 bridgehead atoms. The summed E-state index contributed by atoms with van der Waals surface area (Å²) < 4.78 is 0.769. The quantitative estimate of drug-likeness (QED) is 0.222. The Bertz CT molecular complexity index is 144. The first kappa shape index (κ1) is 19.3. The van der Waals surface area contributed by atoms with Gasteiger partial charge in [0, 0.05) is 20.4 Å². The second-order valence-corrected chi connectivity index (χ2v) is 4.04. The Morgan fingerprint density at radius 3 is 1.23 bits per heavy atom. The molecule has 2 N–H and O–H groups in total. The molecule has 0 atom stereocenters. The number of rotatable bonds is 0. The predicted molar refractivity (Wildman–Crippen MR) is 65.3 cm³/mol. The topological polar surface area (TPSA) is 72.3 Å². The smallest absolute Gasteiger partial charge is 0 e. The molecule has 0 aromatic carbocycles. The van der Waals surface area contributed by atoms with Gasteiger partial charge in [0.1, 0.15) is 0 Å². The second-order valence-electron chi connectivity index (χ2n) is 1.16. The number of nitrogens with zero attached hydrogens (tertiary/aromatic N) is 2. The standard InChI is InChI=1S/2C2H5N2S2.Pd/c2*1-6-2(5)4-3;/h2*3H,1H3,(H,4,5);/q2*-1;/p-2. The van der Waals surface area contributed by atoms with Crippen molar-refractivity contribution < 1.29 is 20.4 Å². The van der Waals surface area contributed by atoms with Crippen molar-refractivity contribution in [3.63, 3.8) is 0 Å². The SMILES string of the molecule is CS/C([S-])=N/[NH-].CS/C([S-])=N/[NH-].[Pd]. The number of thioether (sulfide) groups is 2. The molecule has 0 heterocycles. The fourth-order valence-corrected chi connectivity index (χ4v) is 0.274. The largest absolute Gasteiger partial charge is 0.755 e. The van der Waals surface area contributed by atoms with E-state index in [2.05, 4.69) is 35.5 Å². The van der Waals surface area contributed by atoms with Crippen LogP contribution in [0.15, 0.2) is 10.2 Å². The minimum absolute atomic E-state index is 0. The molecule has 0 aromatic rings. The molecule has 0 spiro atoms. The molecule has 0 amide bonds. The Balaban J connectivity index is -0.000000143. The van der Waals surface area contributed by atoms with E-state index in [-0.39, 0.29) is 20.4 Å². The van der Waals surface area contributed by atoms with Gasteiger partial charge in [0.15, 0.2) is 0 Å². The summed E-state index contributed by atoms with van der Waals surface area (Å²) in [6.07, 6.45) is 3.58. The molecule has 0 unspecified atom stereocenters. The van der Waals surface area contributed by atoms with Gasteiger partial charge >= 0.3 is 0 Å². The molecule has 0 saturated carbocycles. The van der Waals surface area contributed by atoms with E-state index in [9.17, 15) is 0 Å². The first-order valence-electron chi connectivity index (χ1n) is 2.53. The summed E-state index contributed by atoms with van der Waals surface area (Å²) >= 11 is 11.5. The molecular weight excluding hydrogens is 339 g/mol. The van der Waals surface area contributed by atoms with Crippen LogP contribution in [0.4, 0.5) is 0 Å². The zero-order chi connectivity index (χ0) is 9.98. The molecule has 0 fully saturated rings. The minimum atomic E-state index is 0. The van der Waals surface area contributed by atoms with Crippen molar-refractivity contribution in [2.45, 2.75) is 0 Å². The van der Waals surface area contributed by atoms with E-state index < -0.39 is 0 Å². The van der Waals surface area contributed by atoms with Crippen LogP contribution >= 0.6 is 23.5 Å². The average Bonchev–Trinajstić information content (AvgIpc) is 2.16. The molecule has 0 saturated heterocycles. The molecular formula is C4H8N4PdS4-4. The third-order valence-corrected chi connectivity index (χ3v) is 2.60. The first-order valence-corrected chi connectivity index (χ1v) is 5.79. The third-order valence-electron chi connectivity index (χ3n) is 0.532. The summed E-state index contributed by atoms with van der Waals surface area (Å²) in [5.41, 5.74) is 0. The van der Waals surface area contributed by atoms with E-state index in [4.69, 9.17) is 11.7 Å². The Kier molecular flexibility index (Phi) is 22.6. The van der Waals surface area contributed by atoms with Gasteiger partial charge < -0.3 is 47.1 Å². The molecule has 9 heteroatoms. The van der Waals surface area contributed by atoms with Gasteiger partial charge in [-0.3, -0.25) is 0 Å². The van der Waals surface area contributed by atoms with E-state index in [0.717, 1.165) is 0 Å². The number of nitrogens with one attached hydrogen (secondary N) is 2. The van der Waals surface area contributed by atoms with Crippen LogP contribution in [-0.2, 0) is 45.7 Å². The zero-order valence-electron chi connectivity index (χ0n) is 6.84. The molecule has 4 nitrogen and oxygen atoms in total. The van der Waals surface area contributed by atoms with Gasteiger partial charge in [0.2, 0.25) is 0 Å². The molecule has 0 rings (SSSR count). The summed E-state index contributed by atoms with van der Waals surface area (Å²) in [5, 5.41) is 5.90. The van der Waals surface area contributed by atoms with E-state index in [1.165, 1.54) is 23.5 Å². The normalized spacial score (nSPS) is 10.9. The summed E-state index contributed by atoms with van der Waals surface area (Å²) in [6, 6.07) is 0. The summed E-state index contributed by atoms with van der Waals surface area (Å²) in [6.45, 7) is 0. The van der Waals surface area contributed by atoms with Crippen LogP contribution in [0.5, 0.6) is 0 Å². The monoisotopic (exact) mass is 346 g/mol. The van der Waals surface area contributed by atoms with Crippen LogP contribution in [0.1, 0.15) is 0 Å². The van der Waals surface area contributed by atoms with Gasteiger partial charge in [-0.25, -0.2) is 0 Å². The van der Waals surface area contributed by atoms with Gasteiger partial charge in [-0.05, 0) is 12.5 Å². The van der Waals surface area contributed by atoms with Crippen molar-refractivity contribution >= 4 is 57.5 Å². The van der Waals surface area contributed by atoms with Crippen molar-refractivity contribution in [3.05, 3.63) is 11.7 Å². The van der Waals surface area contributed by atoms with E-state index in [1.807, 2.05) is 0 Å². The van der Waals surface area contributed by atoms with Crippen LogP contribution in [0.3, 0.4) is 0 Å². The molecule has 13 heavy (non-hydrogen) atoms. The number of hydrogen-bond donors (Lipinski definition) is 0. The fraction of sp³-hybridized carbons (Fsp3) is 0.500. The van der Waals surface area contributed by atoms with Crippen LogP contribution < -0.4 is 0 Å². The maximum Gasteiger partial charge on any atom is 0 e. The molecule has 0 aliphatic heterocycles. The Morgan fingerprint density at radius 2 is 1.23 bits per heavy atom. The number of hydrogen-bond acceptors (Lipinski definition) is 6. The first-order chi connectivity index (χ1) is 5.62. The molecule has 0 aliphatic carbocycles. The summed E-state index contributed by atoms with van der Waals surface area (Å²) in [7, 11) is 0. The van der Waals surface area contributed by atoms with Gasteiger partial charge in [-0.2, -0.15) is 0 Å². The predicted octanol–water partition coefficient (Wildman–Crippen LogP) is 2.44. The van der Waals surface area contributed by atoms with E-state index >= 15 is 0 Å². The van der Waals surface area contributed by atoms with Gasteiger partial charge in [0.05, 0.1) is 0 Å². The van der Waals surface area contributed by atoms with Gasteiger partial charge in [0.25, 0.3) is 0 Å². The van der Waals surface area contributed by atoms with Crippen LogP contribution in [-0.4, -0.2) is 21.3 Å². The van der Waals surface area contributed by atoms with Crippen molar-refractivity contribution in [1.29, 1.82) is 0 Å². The Labute approximate surface area is 112 Å². The molecule has 0 radical (unpaired) electrons. The molecule has 0 aromatic heterocycles.